The minimum atomic E-state index is -0.428. The molecule has 1 aromatic carbocycles. The van der Waals surface area contributed by atoms with Crippen LogP contribution in [0, 0.1) is 13.8 Å². The van der Waals surface area contributed by atoms with Gasteiger partial charge in [-0.05, 0) is 43.5 Å². The van der Waals surface area contributed by atoms with E-state index in [9.17, 15) is 4.79 Å². The summed E-state index contributed by atoms with van der Waals surface area (Å²) >= 11 is 1.47. The molecular weight excluding hydrogens is 414 g/mol. The zero-order chi connectivity index (χ0) is 21.4. The van der Waals surface area contributed by atoms with Crippen LogP contribution >= 0.6 is 11.3 Å². The maximum absolute atomic E-state index is 12.5. The van der Waals surface area contributed by atoms with Gasteiger partial charge in [-0.25, -0.2) is 4.98 Å². The summed E-state index contributed by atoms with van der Waals surface area (Å²) < 4.78 is 11.4. The number of carbonyl (C=O) groups excluding carboxylic acids is 1. The van der Waals surface area contributed by atoms with E-state index in [2.05, 4.69) is 49.7 Å². The van der Waals surface area contributed by atoms with E-state index < -0.39 is 5.91 Å². The van der Waals surface area contributed by atoms with Crippen molar-refractivity contribution in [2.75, 3.05) is 11.9 Å². The molecule has 3 aromatic heterocycles. The first-order valence-corrected chi connectivity index (χ1v) is 10.8. The number of carbonyl (C=O) groups is 1. The lowest BCUT2D eigenvalue weighted by molar-refractivity contribution is 0.0989. The summed E-state index contributed by atoms with van der Waals surface area (Å²) in [7, 11) is 0. The van der Waals surface area contributed by atoms with Crippen LogP contribution in [0.25, 0.3) is 10.8 Å². The molecule has 9 heteroatoms. The highest BCUT2D eigenvalue weighted by atomic mass is 32.1. The number of benzene rings is 1. The zero-order valence-corrected chi connectivity index (χ0v) is 18.0. The zero-order valence-electron chi connectivity index (χ0n) is 17.2. The molecular formula is C22H21N5O3S. The molecule has 0 saturated heterocycles. The number of aromatic nitrogens is 3. The molecule has 1 aliphatic heterocycles. The average molecular weight is 436 g/mol. The number of hydrogen-bond donors (Lipinski definition) is 1. The number of rotatable bonds is 5. The van der Waals surface area contributed by atoms with Crippen molar-refractivity contribution in [2.24, 2.45) is 0 Å². The summed E-state index contributed by atoms with van der Waals surface area (Å²) in [5, 5.41) is 11.4. The molecule has 0 bridgehead atoms. The average Bonchev–Trinajstić information content (AvgIpc) is 3.48. The second-order valence-corrected chi connectivity index (χ2v) is 8.71. The van der Waals surface area contributed by atoms with Gasteiger partial charge in [0.15, 0.2) is 5.76 Å². The lowest BCUT2D eigenvalue weighted by atomic mass is 10.00. The van der Waals surface area contributed by atoms with Gasteiger partial charge in [0.25, 0.3) is 11.8 Å². The van der Waals surface area contributed by atoms with Crippen molar-refractivity contribution < 1.29 is 13.6 Å². The second-order valence-electron chi connectivity index (χ2n) is 7.51. The first-order chi connectivity index (χ1) is 15.0. The van der Waals surface area contributed by atoms with E-state index in [0.717, 1.165) is 40.8 Å². The number of hydrogen-bond acceptors (Lipinski definition) is 8. The summed E-state index contributed by atoms with van der Waals surface area (Å²) in [5.74, 6) is 0.857. The van der Waals surface area contributed by atoms with Gasteiger partial charge in [0, 0.05) is 13.1 Å². The Hall–Kier alpha value is -3.30. The fraction of sp³-hybridized carbons (Fsp3) is 0.273. The van der Waals surface area contributed by atoms with Gasteiger partial charge in [-0.15, -0.1) is 16.4 Å². The maximum Gasteiger partial charge on any atom is 0.322 e. The van der Waals surface area contributed by atoms with Gasteiger partial charge in [-0.1, -0.05) is 29.4 Å². The Bertz CT molecular complexity index is 1240. The monoisotopic (exact) mass is 435 g/mol. The van der Waals surface area contributed by atoms with Crippen LogP contribution in [0.4, 0.5) is 6.01 Å². The van der Waals surface area contributed by atoms with Crippen molar-refractivity contribution in [1.29, 1.82) is 0 Å². The van der Waals surface area contributed by atoms with Crippen LogP contribution in [0.2, 0.25) is 0 Å². The predicted molar refractivity (Wildman–Crippen MR) is 116 cm³/mol. The van der Waals surface area contributed by atoms with E-state index in [1.165, 1.54) is 22.5 Å². The minimum absolute atomic E-state index is 0.0241. The van der Waals surface area contributed by atoms with Crippen molar-refractivity contribution in [2.45, 2.75) is 33.4 Å². The second kappa shape index (κ2) is 8.09. The first-order valence-electron chi connectivity index (χ1n) is 10.0. The van der Waals surface area contributed by atoms with Crippen molar-refractivity contribution in [1.82, 2.24) is 20.1 Å². The maximum atomic E-state index is 12.5. The van der Waals surface area contributed by atoms with E-state index in [1.807, 2.05) is 19.9 Å². The van der Waals surface area contributed by atoms with Gasteiger partial charge >= 0.3 is 6.01 Å². The van der Waals surface area contributed by atoms with Gasteiger partial charge in [0.1, 0.15) is 10.6 Å². The molecule has 0 aliphatic carbocycles. The van der Waals surface area contributed by atoms with E-state index >= 15 is 0 Å². The Kier molecular flexibility index (Phi) is 5.13. The molecule has 0 spiro atoms. The molecule has 4 aromatic rings. The van der Waals surface area contributed by atoms with Crippen LogP contribution in [-0.4, -0.2) is 32.5 Å². The third-order valence-electron chi connectivity index (χ3n) is 5.22. The molecule has 5 rings (SSSR count). The van der Waals surface area contributed by atoms with Gasteiger partial charge < -0.3 is 8.83 Å². The van der Waals surface area contributed by atoms with Crippen molar-refractivity contribution in [3.8, 4) is 10.8 Å². The molecule has 1 aliphatic rings. The Morgan fingerprint density at radius 2 is 1.97 bits per heavy atom. The summed E-state index contributed by atoms with van der Waals surface area (Å²) in [4.78, 5) is 20.0. The van der Waals surface area contributed by atoms with Gasteiger partial charge in [-0.2, -0.15) is 0 Å². The van der Waals surface area contributed by atoms with Crippen molar-refractivity contribution >= 4 is 23.3 Å². The molecule has 0 saturated carbocycles. The summed E-state index contributed by atoms with van der Waals surface area (Å²) in [6.45, 7) is 6.28. The van der Waals surface area contributed by atoms with Crippen molar-refractivity contribution in [3.63, 3.8) is 0 Å². The van der Waals surface area contributed by atoms with Crippen molar-refractivity contribution in [3.05, 3.63) is 69.7 Å². The fourth-order valence-corrected chi connectivity index (χ4v) is 4.59. The molecule has 8 nitrogen and oxygen atoms in total. The summed E-state index contributed by atoms with van der Waals surface area (Å²) in [6.07, 6.45) is 1.02. The number of nitrogens with zero attached hydrogens (tertiary/aromatic N) is 4. The molecule has 4 heterocycles. The molecule has 31 heavy (non-hydrogen) atoms. The molecule has 0 unspecified atom stereocenters. The minimum Gasteiger partial charge on any atom is -0.455 e. The molecule has 1 N–H and O–H groups in total. The number of fused-ring (bicyclic) bond motifs is 1. The Morgan fingerprint density at radius 1 is 1.13 bits per heavy atom. The summed E-state index contributed by atoms with van der Waals surface area (Å²) in [5.41, 5.74) is 3.57. The third-order valence-corrected chi connectivity index (χ3v) is 6.28. The molecule has 0 radical (unpaired) electrons. The molecule has 0 atom stereocenters. The highest BCUT2D eigenvalue weighted by Gasteiger charge is 2.20. The molecule has 0 fully saturated rings. The van der Waals surface area contributed by atoms with E-state index in [4.69, 9.17) is 8.83 Å². The predicted octanol–water partition coefficient (Wildman–Crippen LogP) is 4.21. The highest BCUT2D eigenvalue weighted by Crippen LogP contribution is 2.29. The normalized spacial score (nSPS) is 13.9. The Labute approximate surface area is 182 Å². The standard InChI is InChI=1S/C22H21N5O3S/c1-13-19(31-14(2)23-13)21-25-26-22(30-21)24-20(28)18-8-7-17(29-18)12-27-10-9-15-5-3-4-6-16(15)11-27/h3-8H,9-12H2,1-2H3,(H,24,26,28). The quantitative estimate of drug-likeness (QED) is 0.501. The fourth-order valence-electron chi connectivity index (χ4n) is 3.75. The van der Waals surface area contributed by atoms with Crippen LogP contribution in [0.3, 0.4) is 0 Å². The summed E-state index contributed by atoms with van der Waals surface area (Å²) in [6, 6.07) is 12.0. The Balaban J connectivity index is 1.22. The van der Waals surface area contributed by atoms with Gasteiger partial charge in [-0.3, -0.25) is 15.0 Å². The lowest BCUT2D eigenvalue weighted by Gasteiger charge is -2.27. The number of anilines is 1. The van der Waals surface area contributed by atoms with Crippen LogP contribution in [-0.2, 0) is 19.5 Å². The SMILES string of the molecule is Cc1nc(C)c(-c2nnc(NC(=O)c3ccc(CN4CCc5ccccc5C4)o3)o2)s1. The molecule has 158 valence electrons. The lowest BCUT2D eigenvalue weighted by Crippen LogP contribution is -2.29. The number of furan rings is 1. The van der Waals surface area contributed by atoms with Crippen LogP contribution in [0.15, 0.2) is 45.2 Å². The van der Waals surface area contributed by atoms with Gasteiger partial charge in [0.05, 0.1) is 17.2 Å². The van der Waals surface area contributed by atoms with Crippen LogP contribution in [0.5, 0.6) is 0 Å². The highest BCUT2D eigenvalue weighted by molar-refractivity contribution is 7.15. The number of aryl methyl sites for hydroxylation is 2. The number of thiazole rings is 1. The Morgan fingerprint density at radius 3 is 2.77 bits per heavy atom. The van der Waals surface area contributed by atoms with E-state index in [-0.39, 0.29) is 11.8 Å². The van der Waals surface area contributed by atoms with Crippen LogP contribution in [0.1, 0.15) is 38.1 Å². The first kappa shape index (κ1) is 19.7. The third kappa shape index (κ3) is 4.14. The largest absolute Gasteiger partial charge is 0.455 e. The van der Waals surface area contributed by atoms with E-state index in [1.54, 1.807) is 6.07 Å². The number of amides is 1. The van der Waals surface area contributed by atoms with Crippen LogP contribution < -0.4 is 5.32 Å². The van der Waals surface area contributed by atoms with Gasteiger partial charge in [0.2, 0.25) is 0 Å². The topological polar surface area (TPSA) is 97.3 Å². The smallest absolute Gasteiger partial charge is 0.322 e. The molecule has 1 amide bonds. The number of nitrogens with one attached hydrogen (secondary N) is 1. The van der Waals surface area contributed by atoms with E-state index in [0.29, 0.717) is 12.4 Å².